The minimum absolute atomic E-state index is 0.0120. The number of hydrogen-bond acceptors (Lipinski definition) is 9. The van der Waals surface area contributed by atoms with Crippen molar-refractivity contribution in [3.63, 3.8) is 0 Å². The van der Waals surface area contributed by atoms with Crippen molar-refractivity contribution in [2.24, 2.45) is 13.0 Å². The molecule has 1 aromatic heterocycles. The van der Waals surface area contributed by atoms with Gasteiger partial charge in [0, 0.05) is 54.9 Å². The molecule has 14 nitrogen and oxygen atoms in total. The molecule has 1 aliphatic rings. The Morgan fingerprint density at radius 1 is 1.02 bits per heavy atom. The molecule has 4 atom stereocenters. The van der Waals surface area contributed by atoms with Gasteiger partial charge >= 0.3 is 12.1 Å². The van der Waals surface area contributed by atoms with Crippen LogP contribution in [0.3, 0.4) is 0 Å². The Morgan fingerprint density at radius 2 is 1.69 bits per heavy atom. The molecule has 0 bridgehead atoms. The molecule has 1 saturated heterocycles. The van der Waals surface area contributed by atoms with Crippen LogP contribution in [-0.2, 0) is 45.7 Å². The Hall–Kier alpha value is -5.27. The number of carbonyl (C=O) groups excluding carboxylic acids is 3. The smallest absolute Gasteiger partial charge is 0.389 e. The average molecular weight is 951 g/mol. The van der Waals surface area contributed by atoms with Crippen LogP contribution in [0.25, 0.3) is 11.3 Å². The predicted molar refractivity (Wildman–Crippen MR) is 236 cm³/mol. The lowest BCUT2D eigenvalue weighted by Crippen LogP contribution is -2.65. The van der Waals surface area contributed by atoms with Crippen LogP contribution in [0.4, 0.5) is 17.6 Å². The summed E-state index contributed by atoms with van der Waals surface area (Å²) in [4.78, 5) is 61.9. The van der Waals surface area contributed by atoms with Crippen molar-refractivity contribution in [1.82, 2.24) is 34.9 Å². The largest absolute Gasteiger partial charge is 0.481 e. The molecule has 3 amide bonds. The van der Waals surface area contributed by atoms with Gasteiger partial charge in [0.15, 0.2) is 0 Å². The summed E-state index contributed by atoms with van der Waals surface area (Å²) in [5, 5.41) is 25.8. The topological polar surface area (TPSA) is 170 Å². The summed E-state index contributed by atoms with van der Waals surface area (Å²) in [6, 6.07) is 13.7. The zero-order valence-corrected chi connectivity index (χ0v) is 38.1. The number of likely N-dealkylation sites (tertiary alicyclic amines) is 1. The number of piperidine rings is 1. The van der Waals surface area contributed by atoms with Crippen LogP contribution in [0.15, 0.2) is 66.9 Å². The molecule has 4 N–H and O–H groups in total. The second-order valence-electron chi connectivity index (χ2n) is 16.6. The Bertz CT molecular complexity index is 2310. The van der Waals surface area contributed by atoms with Gasteiger partial charge < -0.3 is 44.9 Å². The number of benzene rings is 3. The SMILES string of the molecule is CC(NCc1c(F)cc(Cl)cc1Oc1ccc(-c2cnc(CN(C)C)n2C)cc1)C(=O)NC(CO)C(=O)N(C)[C@@]1(Cc2ccc(Cl)cc2)CCCN(C(=O)C(CC(=O)O)CC(F)(F)F)C1. The zero-order valence-electron chi connectivity index (χ0n) is 36.6. The first-order chi connectivity index (χ1) is 30.6. The zero-order chi connectivity index (χ0) is 47.8. The highest BCUT2D eigenvalue weighted by Crippen LogP contribution is 2.36. The number of halogens is 6. The van der Waals surface area contributed by atoms with Gasteiger partial charge in [-0.25, -0.2) is 9.37 Å². The van der Waals surface area contributed by atoms with Crippen LogP contribution >= 0.6 is 23.2 Å². The lowest BCUT2D eigenvalue weighted by Gasteiger charge is -2.49. The Morgan fingerprint density at radius 3 is 2.31 bits per heavy atom. The van der Waals surface area contributed by atoms with E-state index in [0.29, 0.717) is 22.9 Å². The van der Waals surface area contributed by atoms with Crippen LogP contribution in [0.2, 0.25) is 10.0 Å². The monoisotopic (exact) mass is 949 g/mol. The molecular formula is C45H53Cl2F4N7O7. The predicted octanol–water partition coefficient (Wildman–Crippen LogP) is 6.45. The number of alkyl halides is 3. The van der Waals surface area contributed by atoms with Crippen molar-refractivity contribution in [3.8, 4) is 22.8 Å². The summed E-state index contributed by atoms with van der Waals surface area (Å²) >= 11 is 12.3. The van der Waals surface area contributed by atoms with Crippen molar-refractivity contribution in [1.29, 1.82) is 0 Å². The number of aliphatic carboxylic acids is 1. The highest BCUT2D eigenvalue weighted by molar-refractivity contribution is 6.31. The van der Waals surface area contributed by atoms with Gasteiger partial charge in [-0.15, -0.1) is 0 Å². The van der Waals surface area contributed by atoms with E-state index in [0.717, 1.165) is 28.0 Å². The molecule has 0 saturated carbocycles. The van der Waals surface area contributed by atoms with E-state index < -0.39 is 78.7 Å². The third-order valence-electron chi connectivity index (χ3n) is 11.4. The van der Waals surface area contributed by atoms with E-state index >= 15 is 4.39 Å². The number of carbonyl (C=O) groups is 4. The molecule has 20 heteroatoms. The van der Waals surface area contributed by atoms with E-state index in [1.54, 1.807) is 42.6 Å². The molecule has 3 aromatic carbocycles. The Kier molecular flexibility index (Phi) is 17.0. The van der Waals surface area contributed by atoms with Gasteiger partial charge in [0.2, 0.25) is 17.7 Å². The number of aromatic nitrogens is 2. The summed E-state index contributed by atoms with van der Waals surface area (Å²) in [6.07, 6.45) is -5.13. The number of likely N-dealkylation sites (N-methyl/N-ethyl adjacent to an activating group) is 1. The van der Waals surface area contributed by atoms with Gasteiger partial charge in [0.05, 0.1) is 55.4 Å². The van der Waals surface area contributed by atoms with E-state index in [-0.39, 0.29) is 55.2 Å². The van der Waals surface area contributed by atoms with Crippen LogP contribution in [0, 0.1) is 11.7 Å². The molecular weight excluding hydrogens is 897 g/mol. The van der Waals surface area contributed by atoms with Crippen molar-refractivity contribution in [3.05, 3.63) is 99.7 Å². The summed E-state index contributed by atoms with van der Waals surface area (Å²) in [7, 11) is 7.24. The maximum Gasteiger partial charge on any atom is 0.389 e. The maximum absolute atomic E-state index is 15.5. The summed E-state index contributed by atoms with van der Waals surface area (Å²) in [6.45, 7) is 0.792. The standard InChI is InChI=1S/C45H53Cl2F4N7O7/c1-27(52-22-34-35(48)18-32(47)19-38(34)65-33-13-9-29(10-14-33)37-23-53-39(56(37)4)24-55(2)3)41(62)54-36(25-59)43(64)57(5)44(20-28-7-11-31(46)12-8-28)15-6-16-58(26-44)42(63)30(17-40(60)61)21-45(49,50)51/h7-14,18-19,23,27,30,36,52,59H,6,15-17,20-22,24-26H2,1-5H3,(H,54,62)(H,60,61)/t27?,30?,36?,44-/m1/s1. The minimum Gasteiger partial charge on any atom is -0.481 e. The minimum atomic E-state index is -4.82. The lowest BCUT2D eigenvalue weighted by atomic mass is 9.80. The number of carboxylic acids is 1. The first kappa shape index (κ1) is 50.7. The van der Waals surface area contributed by atoms with Crippen molar-refractivity contribution >= 4 is 46.9 Å². The fraction of sp³-hybridized carbons (Fsp3) is 0.444. The highest BCUT2D eigenvalue weighted by atomic mass is 35.5. The number of carboxylic acid groups (broad SMARTS) is 1. The van der Waals surface area contributed by atoms with Crippen molar-refractivity contribution in [2.45, 2.75) is 75.9 Å². The third-order valence-corrected chi connectivity index (χ3v) is 11.9. The number of aliphatic hydroxyl groups is 1. The number of hydrogen-bond donors (Lipinski definition) is 4. The number of aliphatic hydroxyl groups excluding tert-OH is 1. The molecule has 2 heterocycles. The van der Waals surface area contributed by atoms with Gasteiger partial charge in [-0.3, -0.25) is 19.2 Å². The molecule has 0 spiro atoms. The fourth-order valence-corrected chi connectivity index (χ4v) is 8.24. The van der Waals surface area contributed by atoms with Crippen LogP contribution in [-0.4, -0.2) is 123 Å². The summed E-state index contributed by atoms with van der Waals surface area (Å²) in [5.74, 6) is -5.35. The third kappa shape index (κ3) is 13.4. The second kappa shape index (κ2) is 21.8. The van der Waals surface area contributed by atoms with E-state index in [2.05, 4.69) is 15.6 Å². The normalized spacial score (nSPS) is 16.8. The van der Waals surface area contributed by atoms with Crippen molar-refractivity contribution < 1.29 is 51.7 Å². The first-order valence-corrected chi connectivity index (χ1v) is 21.5. The first-order valence-electron chi connectivity index (χ1n) is 20.7. The number of ether oxygens (including phenoxy) is 1. The van der Waals surface area contributed by atoms with Crippen LogP contribution in [0.1, 0.15) is 49.6 Å². The molecule has 1 aliphatic heterocycles. The van der Waals surface area contributed by atoms with E-state index in [9.17, 15) is 42.6 Å². The highest BCUT2D eigenvalue weighted by Gasteiger charge is 2.46. The molecule has 65 heavy (non-hydrogen) atoms. The average Bonchev–Trinajstić information content (AvgIpc) is 3.59. The summed E-state index contributed by atoms with van der Waals surface area (Å²) < 4.78 is 64.1. The number of nitrogens with zero attached hydrogens (tertiary/aromatic N) is 5. The van der Waals surface area contributed by atoms with E-state index in [1.165, 1.54) is 24.9 Å². The number of rotatable bonds is 19. The van der Waals surface area contributed by atoms with Gasteiger partial charge in [-0.05, 0) is 94.4 Å². The van der Waals surface area contributed by atoms with Gasteiger partial charge in [0.25, 0.3) is 0 Å². The Balaban J connectivity index is 1.29. The fourth-order valence-electron chi connectivity index (χ4n) is 7.92. The number of nitrogens with one attached hydrogen (secondary N) is 2. The van der Waals surface area contributed by atoms with Crippen LogP contribution in [0.5, 0.6) is 11.5 Å². The molecule has 4 aromatic rings. The number of imidazole rings is 1. The molecule has 0 aliphatic carbocycles. The van der Waals surface area contributed by atoms with E-state index in [1.807, 2.05) is 42.7 Å². The summed E-state index contributed by atoms with van der Waals surface area (Å²) in [5.41, 5.74) is 1.20. The van der Waals surface area contributed by atoms with Gasteiger partial charge in [-0.1, -0.05) is 35.3 Å². The van der Waals surface area contributed by atoms with Gasteiger partial charge in [0.1, 0.15) is 29.2 Å². The molecule has 0 radical (unpaired) electrons. The molecule has 5 rings (SSSR count). The quantitative estimate of drug-likeness (QED) is 0.0768. The second-order valence-corrected chi connectivity index (χ2v) is 17.5. The van der Waals surface area contributed by atoms with Crippen LogP contribution < -0.4 is 15.4 Å². The lowest BCUT2D eigenvalue weighted by molar-refractivity contribution is -0.166. The van der Waals surface area contributed by atoms with E-state index in [4.69, 9.17) is 27.9 Å². The Labute approximate surface area is 384 Å². The van der Waals surface area contributed by atoms with Crippen molar-refractivity contribution in [2.75, 3.05) is 40.8 Å². The molecule has 1 fully saturated rings. The number of amides is 3. The van der Waals surface area contributed by atoms with Gasteiger partial charge in [-0.2, -0.15) is 13.2 Å². The maximum atomic E-state index is 15.5. The molecule has 352 valence electrons. The molecule has 3 unspecified atom stereocenters.